The van der Waals surface area contributed by atoms with Gasteiger partial charge in [0.25, 0.3) is 0 Å². The highest BCUT2D eigenvalue weighted by Crippen LogP contribution is 2.32. The number of fused-ring (bicyclic) bond motifs is 1. The molecule has 3 nitrogen and oxygen atoms in total. The van der Waals surface area contributed by atoms with Crippen LogP contribution in [0.2, 0.25) is 0 Å². The fourth-order valence-electron chi connectivity index (χ4n) is 3.08. The van der Waals surface area contributed by atoms with E-state index in [9.17, 15) is 4.79 Å². The largest absolute Gasteiger partial charge is 0.497 e. The van der Waals surface area contributed by atoms with Gasteiger partial charge in [0.1, 0.15) is 18.1 Å². The molecule has 3 aromatic carbocycles. The second-order valence-electron chi connectivity index (χ2n) is 6.14. The van der Waals surface area contributed by atoms with Crippen LogP contribution >= 0.6 is 0 Å². The van der Waals surface area contributed by atoms with Crippen molar-refractivity contribution in [3.63, 3.8) is 0 Å². The van der Waals surface area contributed by atoms with Crippen molar-refractivity contribution in [1.82, 2.24) is 0 Å². The molecule has 3 aromatic rings. The minimum atomic E-state index is 0.00634. The monoisotopic (exact) mass is 342 g/mol. The molecule has 1 aliphatic heterocycles. The standard InChI is InChI=1S/C23H18O3/c1-25-20-9-5-6-16(13-20)12-19-15-26-22-11-10-18(14-21(22)23(19)24)17-7-3-2-4-8-17/h2-14H,15H2,1H3/b19-12+. The first-order valence-electron chi connectivity index (χ1n) is 8.46. The summed E-state index contributed by atoms with van der Waals surface area (Å²) in [5.74, 6) is 1.40. The highest BCUT2D eigenvalue weighted by Gasteiger charge is 2.23. The first-order chi connectivity index (χ1) is 12.7. The molecule has 0 atom stereocenters. The van der Waals surface area contributed by atoms with Gasteiger partial charge in [0.05, 0.1) is 12.7 Å². The van der Waals surface area contributed by atoms with Gasteiger partial charge >= 0.3 is 0 Å². The van der Waals surface area contributed by atoms with Crippen LogP contribution in [0.25, 0.3) is 17.2 Å². The van der Waals surface area contributed by atoms with E-state index < -0.39 is 0 Å². The van der Waals surface area contributed by atoms with Gasteiger partial charge in [-0.3, -0.25) is 4.79 Å². The highest BCUT2D eigenvalue weighted by atomic mass is 16.5. The molecular formula is C23H18O3. The molecule has 0 radical (unpaired) electrons. The predicted molar refractivity (Wildman–Crippen MR) is 103 cm³/mol. The van der Waals surface area contributed by atoms with Gasteiger partial charge in [0.2, 0.25) is 0 Å². The lowest BCUT2D eigenvalue weighted by atomic mass is 9.95. The summed E-state index contributed by atoms with van der Waals surface area (Å²) >= 11 is 0. The quantitative estimate of drug-likeness (QED) is 0.627. The molecule has 4 rings (SSSR count). The summed E-state index contributed by atoms with van der Waals surface area (Å²) in [5, 5.41) is 0. The molecular weight excluding hydrogens is 324 g/mol. The average Bonchev–Trinajstić information content (AvgIpc) is 2.71. The molecule has 0 amide bonds. The Bertz CT molecular complexity index is 987. The van der Waals surface area contributed by atoms with E-state index in [-0.39, 0.29) is 12.4 Å². The van der Waals surface area contributed by atoms with Gasteiger partial charge in [-0.25, -0.2) is 0 Å². The lowest BCUT2D eigenvalue weighted by molar-refractivity contribution is 0.100. The van der Waals surface area contributed by atoms with Crippen molar-refractivity contribution in [3.8, 4) is 22.6 Å². The second-order valence-corrected chi connectivity index (χ2v) is 6.14. The summed E-state index contributed by atoms with van der Waals surface area (Å²) in [6.07, 6.45) is 1.86. The molecule has 3 heteroatoms. The van der Waals surface area contributed by atoms with Crippen LogP contribution < -0.4 is 9.47 Å². The number of ketones is 1. The van der Waals surface area contributed by atoms with E-state index in [4.69, 9.17) is 9.47 Å². The molecule has 0 saturated carbocycles. The lowest BCUT2D eigenvalue weighted by Gasteiger charge is -2.20. The number of hydrogen-bond donors (Lipinski definition) is 0. The normalized spacial score (nSPS) is 14.7. The molecule has 0 saturated heterocycles. The van der Waals surface area contributed by atoms with Crippen LogP contribution in [0.5, 0.6) is 11.5 Å². The van der Waals surface area contributed by atoms with E-state index in [2.05, 4.69) is 0 Å². The first-order valence-corrected chi connectivity index (χ1v) is 8.46. The minimum Gasteiger partial charge on any atom is -0.497 e. The molecule has 0 N–H and O–H groups in total. The number of Topliss-reactive ketones (excluding diaryl/α,β-unsaturated/α-hetero) is 1. The van der Waals surface area contributed by atoms with Crippen molar-refractivity contribution in [2.24, 2.45) is 0 Å². The van der Waals surface area contributed by atoms with E-state index in [1.165, 1.54) is 0 Å². The third-order valence-electron chi connectivity index (χ3n) is 4.44. The topological polar surface area (TPSA) is 35.5 Å². The second kappa shape index (κ2) is 6.89. The van der Waals surface area contributed by atoms with Crippen molar-refractivity contribution in [2.75, 3.05) is 13.7 Å². The van der Waals surface area contributed by atoms with Gasteiger partial charge in [0.15, 0.2) is 5.78 Å². The molecule has 0 aromatic heterocycles. The van der Waals surface area contributed by atoms with Crippen LogP contribution in [0.3, 0.4) is 0 Å². The maximum Gasteiger partial charge on any atom is 0.196 e. The van der Waals surface area contributed by atoms with Gasteiger partial charge in [-0.15, -0.1) is 0 Å². The predicted octanol–water partition coefficient (Wildman–Crippen LogP) is 5.02. The maximum absolute atomic E-state index is 13.0. The summed E-state index contributed by atoms with van der Waals surface area (Å²) in [6, 6.07) is 23.4. The SMILES string of the molecule is COc1cccc(/C=C2\COc3ccc(-c4ccccc4)cc3C2=O)c1. The lowest BCUT2D eigenvalue weighted by Crippen LogP contribution is -2.19. The van der Waals surface area contributed by atoms with E-state index in [0.29, 0.717) is 16.9 Å². The van der Waals surface area contributed by atoms with Crippen LogP contribution in [0.15, 0.2) is 78.4 Å². The summed E-state index contributed by atoms with van der Waals surface area (Å²) in [5.41, 5.74) is 4.23. The Hall–Kier alpha value is -3.33. The van der Waals surface area contributed by atoms with Crippen LogP contribution in [0.1, 0.15) is 15.9 Å². The molecule has 0 spiro atoms. The van der Waals surface area contributed by atoms with Crippen molar-refractivity contribution in [3.05, 3.63) is 89.5 Å². The Morgan fingerprint density at radius 3 is 2.58 bits per heavy atom. The van der Waals surface area contributed by atoms with E-state index >= 15 is 0 Å². The van der Waals surface area contributed by atoms with Gasteiger partial charge in [0, 0.05) is 5.57 Å². The summed E-state index contributed by atoms with van der Waals surface area (Å²) in [6.45, 7) is 0.272. The molecule has 1 aliphatic rings. The molecule has 0 fully saturated rings. The Balaban J connectivity index is 1.70. The summed E-state index contributed by atoms with van der Waals surface area (Å²) < 4.78 is 11.1. The number of rotatable bonds is 3. The van der Waals surface area contributed by atoms with E-state index in [1.54, 1.807) is 7.11 Å². The molecule has 0 unspecified atom stereocenters. The molecule has 1 heterocycles. The first kappa shape index (κ1) is 16.2. The van der Waals surface area contributed by atoms with Crippen molar-refractivity contribution < 1.29 is 14.3 Å². The third kappa shape index (κ3) is 3.11. The fraction of sp³-hybridized carbons (Fsp3) is 0.0870. The average molecular weight is 342 g/mol. The minimum absolute atomic E-state index is 0.00634. The molecule has 128 valence electrons. The number of benzene rings is 3. The van der Waals surface area contributed by atoms with Gasteiger partial charge < -0.3 is 9.47 Å². The van der Waals surface area contributed by atoms with E-state index in [0.717, 1.165) is 22.4 Å². The molecule has 0 bridgehead atoms. The van der Waals surface area contributed by atoms with E-state index in [1.807, 2.05) is 78.9 Å². The number of methoxy groups -OCH3 is 1. The number of ether oxygens (including phenoxy) is 2. The van der Waals surface area contributed by atoms with Crippen LogP contribution in [0, 0.1) is 0 Å². The van der Waals surface area contributed by atoms with Crippen LogP contribution in [-0.2, 0) is 0 Å². The Morgan fingerprint density at radius 2 is 1.77 bits per heavy atom. The summed E-state index contributed by atoms with van der Waals surface area (Å²) in [7, 11) is 1.63. The van der Waals surface area contributed by atoms with Gasteiger partial charge in [-0.1, -0.05) is 48.5 Å². The zero-order valence-corrected chi connectivity index (χ0v) is 14.4. The summed E-state index contributed by atoms with van der Waals surface area (Å²) in [4.78, 5) is 13.0. The number of hydrogen-bond acceptors (Lipinski definition) is 3. The van der Waals surface area contributed by atoms with Gasteiger partial charge in [-0.2, -0.15) is 0 Å². The molecule has 0 aliphatic carbocycles. The van der Waals surface area contributed by atoms with Gasteiger partial charge in [-0.05, 0) is 47.0 Å². The Labute approximate surface area is 152 Å². The van der Waals surface area contributed by atoms with Crippen molar-refractivity contribution >= 4 is 11.9 Å². The van der Waals surface area contributed by atoms with Crippen LogP contribution in [-0.4, -0.2) is 19.5 Å². The van der Waals surface area contributed by atoms with Crippen LogP contribution in [0.4, 0.5) is 0 Å². The number of carbonyl (C=O) groups excluding carboxylic acids is 1. The van der Waals surface area contributed by atoms with Crippen molar-refractivity contribution in [2.45, 2.75) is 0 Å². The molecule has 26 heavy (non-hydrogen) atoms. The maximum atomic E-state index is 13.0. The zero-order valence-electron chi connectivity index (χ0n) is 14.4. The Kier molecular flexibility index (Phi) is 4.28. The zero-order chi connectivity index (χ0) is 17.9. The smallest absolute Gasteiger partial charge is 0.196 e. The Morgan fingerprint density at radius 1 is 0.923 bits per heavy atom. The highest BCUT2D eigenvalue weighted by molar-refractivity contribution is 6.14. The fourth-order valence-corrected chi connectivity index (χ4v) is 3.08. The number of carbonyl (C=O) groups is 1. The van der Waals surface area contributed by atoms with Crippen molar-refractivity contribution in [1.29, 1.82) is 0 Å². The third-order valence-corrected chi connectivity index (χ3v) is 4.44.